The maximum absolute atomic E-state index is 13.0. The molecule has 0 saturated carbocycles. The van der Waals surface area contributed by atoms with Gasteiger partial charge in [0.1, 0.15) is 5.82 Å². The zero-order valence-electron chi connectivity index (χ0n) is 8.40. The molecule has 1 aromatic rings. The SMILES string of the molecule is CC(C)(C)Sc1cc(Cl)c(F)cc1N. The number of anilines is 1. The maximum Gasteiger partial charge on any atom is 0.143 e. The van der Waals surface area contributed by atoms with Crippen molar-refractivity contribution in [1.29, 1.82) is 0 Å². The number of nitrogen functional groups attached to an aromatic ring is 1. The highest BCUT2D eigenvalue weighted by Gasteiger charge is 2.15. The monoisotopic (exact) mass is 233 g/mol. The standard InChI is InChI=1S/C10H13ClFNS/c1-10(2,3)14-9-4-6(11)7(12)5-8(9)13/h4-5H,13H2,1-3H3. The molecule has 2 N–H and O–H groups in total. The smallest absolute Gasteiger partial charge is 0.143 e. The van der Waals surface area contributed by atoms with E-state index in [1.807, 2.05) is 0 Å². The van der Waals surface area contributed by atoms with Crippen LogP contribution >= 0.6 is 23.4 Å². The molecule has 14 heavy (non-hydrogen) atoms. The molecule has 4 heteroatoms. The minimum Gasteiger partial charge on any atom is -0.398 e. The summed E-state index contributed by atoms with van der Waals surface area (Å²) in [6.07, 6.45) is 0. The summed E-state index contributed by atoms with van der Waals surface area (Å²) < 4.78 is 13.0. The number of hydrogen-bond acceptors (Lipinski definition) is 2. The number of rotatable bonds is 1. The van der Waals surface area contributed by atoms with Crippen LogP contribution in [-0.4, -0.2) is 4.75 Å². The quantitative estimate of drug-likeness (QED) is 0.587. The first-order valence-corrected chi connectivity index (χ1v) is 5.42. The molecule has 0 saturated heterocycles. The van der Waals surface area contributed by atoms with Crippen LogP contribution in [0.25, 0.3) is 0 Å². The molecule has 0 radical (unpaired) electrons. The van der Waals surface area contributed by atoms with Gasteiger partial charge in [0.05, 0.1) is 5.02 Å². The third-order valence-electron chi connectivity index (χ3n) is 1.47. The Balaban J connectivity index is 3.04. The molecular formula is C10H13ClFNS. The molecular weight excluding hydrogens is 221 g/mol. The fourth-order valence-corrected chi connectivity index (χ4v) is 2.20. The molecule has 78 valence electrons. The van der Waals surface area contributed by atoms with Crippen LogP contribution < -0.4 is 5.73 Å². The van der Waals surface area contributed by atoms with Crippen LogP contribution in [0.4, 0.5) is 10.1 Å². The Kier molecular flexibility index (Phi) is 3.32. The van der Waals surface area contributed by atoms with Crippen molar-refractivity contribution in [2.45, 2.75) is 30.4 Å². The maximum atomic E-state index is 13.0. The molecule has 0 spiro atoms. The molecule has 1 nitrogen and oxygen atoms in total. The van der Waals surface area contributed by atoms with Crippen molar-refractivity contribution in [1.82, 2.24) is 0 Å². The Morgan fingerprint density at radius 2 is 1.93 bits per heavy atom. The summed E-state index contributed by atoms with van der Waals surface area (Å²) in [5, 5.41) is 0.117. The first-order chi connectivity index (χ1) is 6.29. The highest BCUT2D eigenvalue weighted by molar-refractivity contribution is 8.00. The minimum absolute atomic E-state index is 0.0370. The van der Waals surface area contributed by atoms with E-state index in [0.717, 1.165) is 4.90 Å². The van der Waals surface area contributed by atoms with E-state index in [1.54, 1.807) is 17.8 Å². The van der Waals surface area contributed by atoms with E-state index in [-0.39, 0.29) is 9.77 Å². The zero-order chi connectivity index (χ0) is 10.9. The number of hydrogen-bond donors (Lipinski definition) is 1. The Morgan fingerprint density at radius 1 is 1.36 bits per heavy atom. The summed E-state index contributed by atoms with van der Waals surface area (Å²) in [4.78, 5) is 0.823. The summed E-state index contributed by atoms with van der Waals surface area (Å²) in [5.74, 6) is -0.470. The fraction of sp³-hybridized carbons (Fsp3) is 0.400. The van der Waals surface area contributed by atoms with Gasteiger partial charge in [-0.3, -0.25) is 0 Å². The van der Waals surface area contributed by atoms with Crippen molar-refractivity contribution in [3.05, 3.63) is 23.0 Å². The minimum atomic E-state index is -0.470. The lowest BCUT2D eigenvalue weighted by atomic mass is 10.3. The normalized spacial score (nSPS) is 11.8. The first kappa shape index (κ1) is 11.7. The second-order valence-electron chi connectivity index (χ2n) is 4.02. The lowest BCUT2D eigenvalue weighted by Gasteiger charge is -2.18. The Labute approximate surface area is 92.8 Å². The molecule has 0 bridgehead atoms. The summed E-state index contributed by atoms with van der Waals surface area (Å²) in [6, 6.07) is 2.83. The van der Waals surface area contributed by atoms with Crippen LogP contribution in [0, 0.1) is 5.82 Å². The molecule has 0 heterocycles. The molecule has 0 unspecified atom stereocenters. The van der Waals surface area contributed by atoms with Crippen LogP contribution in [-0.2, 0) is 0 Å². The molecule has 0 amide bonds. The van der Waals surface area contributed by atoms with E-state index in [0.29, 0.717) is 5.69 Å². The highest BCUT2D eigenvalue weighted by atomic mass is 35.5. The molecule has 0 aliphatic carbocycles. The number of nitrogens with two attached hydrogens (primary N) is 1. The fourth-order valence-electron chi connectivity index (χ4n) is 0.962. The van der Waals surface area contributed by atoms with Gasteiger partial charge in [-0.05, 0) is 12.1 Å². The van der Waals surface area contributed by atoms with E-state index < -0.39 is 5.82 Å². The summed E-state index contributed by atoms with van der Waals surface area (Å²) in [5.41, 5.74) is 6.11. The average Bonchev–Trinajstić information content (AvgIpc) is 1.97. The van der Waals surface area contributed by atoms with Gasteiger partial charge in [0.2, 0.25) is 0 Å². The Morgan fingerprint density at radius 3 is 2.43 bits per heavy atom. The van der Waals surface area contributed by atoms with Gasteiger partial charge >= 0.3 is 0 Å². The van der Waals surface area contributed by atoms with Gasteiger partial charge in [0.15, 0.2) is 0 Å². The molecule has 0 aliphatic heterocycles. The van der Waals surface area contributed by atoms with Crippen molar-refractivity contribution in [3.63, 3.8) is 0 Å². The van der Waals surface area contributed by atoms with Gasteiger partial charge in [-0.2, -0.15) is 0 Å². The third-order valence-corrected chi connectivity index (χ3v) is 2.94. The second kappa shape index (κ2) is 3.99. The van der Waals surface area contributed by atoms with Gasteiger partial charge in [-0.25, -0.2) is 4.39 Å². The summed E-state index contributed by atoms with van der Waals surface area (Å²) in [7, 11) is 0. The molecule has 0 aromatic heterocycles. The highest BCUT2D eigenvalue weighted by Crippen LogP contribution is 2.37. The van der Waals surface area contributed by atoms with E-state index in [2.05, 4.69) is 20.8 Å². The average molecular weight is 234 g/mol. The lowest BCUT2D eigenvalue weighted by Crippen LogP contribution is -2.07. The van der Waals surface area contributed by atoms with E-state index in [9.17, 15) is 4.39 Å². The number of thioether (sulfide) groups is 1. The number of benzene rings is 1. The van der Waals surface area contributed by atoms with Crippen molar-refractivity contribution < 1.29 is 4.39 Å². The van der Waals surface area contributed by atoms with Crippen LogP contribution in [0.1, 0.15) is 20.8 Å². The van der Waals surface area contributed by atoms with Gasteiger partial charge < -0.3 is 5.73 Å². The summed E-state index contributed by atoms with van der Waals surface area (Å²) in [6.45, 7) is 6.19. The van der Waals surface area contributed by atoms with Crippen molar-refractivity contribution >= 4 is 29.1 Å². The third kappa shape index (κ3) is 3.07. The Hall–Kier alpha value is -0.410. The topological polar surface area (TPSA) is 26.0 Å². The number of halogens is 2. The first-order valence-electron chi connectivity index (χ1n) is 4.23. The van der Waals surface area contributed by atoms with Gasteiger partial charge in [-0.15, -0.1) is 11.8 Å². The predicted octanol–water partition coefficient (Wildman–Crippen LogP) is 3.95. The molecule has 0 aliphatic rings. The van der Waals surface area contributed by atoms with Gasteiger partial charge in [0, 0.05) is 15.3 Å². The van der Waals surface area contributed by atoms with Crippen molar-refractivity contribution in [2.24, 2.45) is 0 Å². The van der Waals surface area contributed by atoms with E-state index in [4.69, 9.17) is 17.3 Å². The van der Waals surface area contributed by atoms with Crippen molar-refractivity contribution in [2.75, 3.05) is 5.73 Å². The van der Waals surface area contributed by atoms with E-state index in [1.165, 1.54) is 6.07 Å². The van der Waals surface area contributed by atoms with Crippen LogP contribution in [0.2, 0.25) is 5.02 Å². The second-order valence-corrected chi connectivity index (χ2v) is 6.29. The zero-order valence-corrected chi connectivity index (χ0v) is 9.97. The van der Waals surface area contributed by atoms with Crippen molar-refractivity contribution in [3.8, 4) is 0 Å². The molecule has 0 atom stereocenters. The molecule has 1 aromatic carbocycles. The summed E-state index contributed by atoms with van der Waals surface area (Å²) >= 11 is 7.24. The van der Waals surface area contributed by atoms with Gasteiger partial charge in [-0.1, -0.05) is 32.4 Å². The molecule has 0 fully saturated rings. The Bertz CT molecular complexity index is 347. The van der Waals surface area contributed by atoms with E-state index >= 15 is 0 Å². The van der Waals surface area contributed by atoms with Crippen LogP contribution in [0.3, 0.4) is 0 Å². The predicted molar refractivity (Wildman–Crippen MR) is 61.4 cm³/mol. The van der Waals surface area contributed by atoms with Crippen LogP contribution in [0.15, 0.2) is 17.0 Å². The largest absolute Gasteiger partial charge is 0.398 e. The lowest BCUT2D eigenvalue weighted by molar-refractivity contribution is 0.627. The van der Waals surface area contributed by atoms with Gasteiger partial charge in [0.25, 0.3) is 0 Å². The van der Waals surface area contributed by atoms with Crippen LogP contribution in [0.5, 0.6) is 0 Å². The molecule has 1 rings (SSSR count).